The predicted octanol–water partition coefficient (Wildman–Crippen LogP) is 30.7. The van der Waals surface area contributed by atoms with E-state index in [4.69, 9.17) is 14.7 Å². The van der Waals surface area contributed by atoms with E-state index < -0.39 is 0 Å². The molecule has 8 aromatic heterocycles. The second kappa shape index (κ2) is 41.8. The average molecular weight is 1580 g/mol. The van der Waals surface area contributed by atoms with E-state index in [9.17, 15) is 0 Å². The molecule has 9 nitrogen and oxygen atoms in total. The zero-order chi connectivity index (χ0) is 85.9. The Kier molecular flexibility index (Phi) is 31.6. The number of hydrogen-bond donors (Lipinski definition) is 0. The molecule has 0 radical (unpaired) electrons. The van der Waals surface area contributed by atoms with Gasteiger partial charge in [0.2, 0.25) is 5.88 Å². The number of nitrogens with zero attached hydrogens (tertiary/aromatic N) is 8. The normalized spacial score (nSPS) is 11.7. The molecule has 0 atom stereocenters. The van der Waals surface area contributed by atoms with Crippen LogP contribution in [0, 0.1) is 55.4 Å². The maximum absolute atomic E-state index is 5.20. The number of ether oxygens (including phenoxy) is 1. The highest BCUT2D eigenvalue weighted by Crippen LogP contribution is 2.42. The number of methoxy groups -OCH3 is 1. The van der Waals surface area contributed by atoms with Gasteiger partial charge in [-0.15, -0.1) is 0 Å². The number of fused-ring (bicyclic) bond motifs is 7. The third-order valence-corrected chi connectivity index (χ3v) is 22.1. The summed E-state index contributed by atoms with van der Waals surface area (Å²) in [7, 11) is 1.65. The lowest BCUT2D eigenvalue weighted by Gasteiger charge is -2.12. The number of rotatable bonds is 11. The molecule has 0 N–H and O–H groups in total. The van der Waals surface area contributed by atoms with E-state index in [1.54, 1.807) is 19.5 Å². The molecule has 0 amide bonds. The van der Waals surface area contributed by atoms with Crippen molar-refractivity contribution in [2.24, 2.45) is 0 Å². The summed E-state index contributed by atoms with van der Waals surface area (Å²) in [5, 5.41) is 8.96. The standard InChI is InChI=1S/C17H16N2.C15H17N.2C14H17N.C13H15NO.2C13H15N.C11H16/c1-12(2)15-11-17(13-7-9-18-10-8-13)19-16-6-4-3-5-14(15)16;1-10(2)13-9-15(11-7-8-11)16-14-6-4-3-5-12(13)14;1-9(2)12-8-11(4)15-14-6-5-10(3)7-13(12)14;1-9(2)13-8-11(4)15-14-7-10(3)5-6-12(13)14;1-9(2)11-8-13(15-3)14-12-7-5-4-6-10(11)12;1-9(2)11-6-7-14-13-5-4-10(3)8-12(11)13;1-9(2)12-8-10(3)14-13-7-5-4-6-11(12)13;1-8(2)11-7-5-6-9(3)10(11)4/h3-12H,1-2H3;3-6,9-11H,7-8H2,1-2H3;2*5-9H,1-4H3;4-9H,1-3H3;2*4-9H,1-3H3;5-8H,1-4H3. The second-order valence-corrected chi connectivity index (χ2v) is 34.6. The maximum Gasteiger partial charge on any atom is 0.213 e. The minimum atomic E-state index is 0.479. The fourth-order valence-electron chi connectivity index (χ4n) is 15.4. The van der Waals surface area contributed by atoms with Crippen molar-refractivity contribution in [3.05, 3.63) is 338 Å². The number of aryl methyl sites for hydroxylation is 7. The molecule has 0 aliphatic heterocycles. The Balaban J connectivity index is 0.000000144. The highest BCUT2D eigenvalue weighted by Gasteiger charge is 2.26. The number of hydrogen-bond acceptors (Lipinski definition) is 9. The molecule has 1 fully saturated rings. The van der Waals surface area contributed by atoms with E-state index in [0.717, 1.165) is 72.9 Å². The monoisotopic (exact) mass is 1580 g/mol. The fraction of sp³-hybridized carbons (Fsp3) is 0.327. The van der Waals surface area contributed by atoms with E-state index in [-0.39, 0.29) is 0 Å². The van der Waals surface area contributed by atoms with Gasteiger partial charge in [0.1, 0.15) is 0 Å². The first-order chi connectivity index (χ1) is 56.9. The summed E-state index contributed by atoms with van der Waals surface area (Å²) in [5.74, 6) is 5.83. The summed E-state index contributed by atoms with van der Waals surface area (Å²) in [6.07, 6.45) is 8.15. The Morgan fingerprint density at radius 2 is 0.655 bits per heavy atom. The SMILES string of the molecule is CC(C)c1cc(-c2ccncc2)nc2ccccc12.CC(C)c1cc(C2CC2)nc2ccccc12.COc1cc(C(C)C)c2ccccc2n1.Cc1cc(C(C)C)c2ccccc2n1.Cc1ccc2c(C(C)C)cc(C)nc2c1.Cc1ccc2nc(C)cc(C(C)C)c2c1.Cc1ccc2nccc(C(C)C)c2c1.Cc1cccc(C(C)C)c1C. The van der Waals surface area contributed by atoms with Crippen LogP contribution in [0.1, 0.15) is 272 Å². The number of para-hydroxylation sites is 4. The summed E-state index contributed by atoms with van der Waals surface area (Å²) in [6, 6.07) is 78.5. The molecule has 9 heteroatoms. The molecule has 1 aliphatic carbocycles. The van der Waals surface area contributed by atoms with Gasteiger partial charge in [-0.25, -0.2) is 9.97 Å². The Hall–Kier alpha value is -11.4. The summed E-state index contributed by atoms with van der Waals surface area (Å²) < 4.78 is 5.20. The van der Waals surface area contributed by atoms with Crippen LogP contribution in [0.3, 0.4) is 0 Å². The molecule has 17 rings (SSSR count). The lowest BCUT2D eigenvalue weighted by Crippen LogP contribution is -1.96. The first-order valence-electron chi connectivity index (χ1n) is 43.0. The van der Waals surface area contributed by atoms with Gasteiger partial charge in [-0.2, -0.15) is 0 Å². The predicted molar refractivity (Wildman–Crippen MR) is 511 cm³/mol. The minimum Gasteiger partial charge on any atom is -0.481 e. The van der Waals surface area contributed by atoms with Crippen molar-refractivity contribution in [1.82, 2.24) is 39.9 Å². The van der Waals surface area contributed by atoms with Gasteiger partial charge >= 0.3 is 0 Å². The van der Waals surface area contributed by atoms with Crippen molar-refractivity contribution in [2.45, 2.75) is 232 Å². The van der Waals surface area contributed by atoms with Gasteiger partial charge in [-0.05, 0) is 280 Å². The molecular weight excluding hydrogens is 1450 g/mol. The van der Waals surface area contributed by atoms with Crippen LogP contribution in [0.2, 0.25) is 0 Å². The molecule has 0 spiro atoms. The van der Waals surface area contributed by atoms with Crippen molar-refractivity contribution >= 4 is 76.3 Å². The third-order valence-electron chi connectivity index (χ3n) is 22.1. The Bertz CT molecular complexity index is 6060. The molecule has 1 saturated carbocycles. The van der Waals surface area contributed by atoms with Crippen molar-refractivity contribution in [1.29, 1.82) is 0 Å². The quantitative estimate of drug-likeness (QED) is 0.125. The average Bonchev–Trinajstić information content (AvgIpc) is 1.53. The molecule has 16 aromatic rings. The van der Waals surface area contributed by atoms with Gasteiger partial charge in [0, 0.05) is 96.6 Å². The Labute approximate surface area is 711 Å². The second-order valence-electron chi connectivity index (χ2n) is 34.6. The fourth-order valence-corrected chi connectivity index (χ4v) is 15.4. The number of benzene rings is 8. The number of pyridine rings is 8. The summed E-state index contributed by atoms with van der Waals surface area (Å²) in [5.41, 5.74) is 32.3. The van der Waals surface area contributed by atoms with Crippen molar-refractivity contribution in [3.63, 3.8) is 0 Å². The Morgan fingerprint density at radius 1 is 0.277 bits per heavy atom. The first kappa shape index (κ1) is 89.9. The zero-order valence-corrected chi connectivity index (χ0v) is 75.7. The lowest BCUT2D eigenvalue weighted by atomic mass is 9.95. The van der Waals surface area contributed by atoms with E-state index >= 15 is 0 Å². The highest BCUT2D eigenvalue weighted by molar-refractivity contribution is 5.89. The van der Waals surface area contributed by atoms with Gasteiger partial charge in [-0.1, -0.05) is 237 Å². The molecule has 614 valence electrons. The van der Waals surface area contributed by atoms with E-state index in [0.29, 0.717) is 53.2 Å². The third kappa shape index (κ3) is 24.0. The summed E-state index contributed by atoms with van der Waals surface area (Å²) >= 11 is 0. The molecular formula is C110H128N8O. The van der Waals surface area contributed by atoms with E-state index in [2.05, 4.69) is 372 Å². The first-order valence-corrected chi connectivity index (χ1v) is 43.0. The number of aromatic nitrogens is 8. The van der Waals surface area contributed by atoms with Crippen LogP contribution in [0.4, 0.5) is 0 Å². The van der Waals surface area contributed by atoms with Crippen LogP contribution >= 0.6 is 0 Å². The van der Waals surface area contributed by atoms with Crippen LogP contribution in [-0.4, -0.2) is 47.0 Å². The smallest absolute Gasteiger partial charge is 0.213 e. The van der Waals surface area contributed by atoms with Crippen LogP contribution in [-0.2, 0) is 0 Å². The van der Waals surface area contributed by atoms with E-state index in [1.807, 2.05) is 54.7 Å². The van der Waals surface area contributed by atoms with Gasteiger partial charge < -0.3 is 4.74 Å². The highest BCUT2D eigenvalue weighted by atomic mass is 16.5. The zero-order valence-electron chi connectivity index (χ0n) is 75.7. The van der Waals surface area contributed by atoms with Crippen molar-refractivity contribution in [2.75, 3.05) is 7.11 Å². The van der Waals surface area contributed by atoms with E-state index in [1.165, 1.54) is 129 Å². The molecule has 8 heterocycles. The Morgan fingerprint density at radius 3 is 1.13 bits per heavy atom. The van der Waals surface area contributed by atoms with Crippen molar-refractivity contribution < 1.29 is 4.74 Å². The van der Waals surface area contributed by atoms with Crippen LogP contribution < -0.4 is 4.74 Å². The van der Waals surface area contributed by atoms with Crippen LogP contribution in [0.25, 0.3) is 87.6 Å². The molecule has 0 bridgehead atoms. The minimum absolute atomic E-state index is 0.479. The van der Waals surface area contributed by atoms with Gasteiger partial charge in [0.25, 0.3) is 0 Å². The van der Waals surface area contributed by atoms with Gasteiger partial charge in [-0.3, -0.25) is 29.9 Å². The van der Waals surface area contributed by atoms with Crippen molar-refractivity contribution in [3.8, 4) is 17.1 Å². The maximum atomic E-state index is 5.20. The van der Waals surface area contributed by atoms with Gasteiger partial charge in [0.15, 0.2) is 0 Å². The summed E-state index contributed by atoms with van der Waals surface area (Å²) in [6.45, 7) is 52.5. The van der Waals surface area contributed by atoms with Crippen LogP contribution in [0.5, 0.6) is 5.88 Å². The van der Waals surface area contributed by atoms with Crippen LogP contribution in [0.15, 0.2) is 243 Å². The van der Waals surface area contributed by atoms with Gasteiger partial charge in [0.05, 0.1) is 51.4 Å². The lowest BCUT2D eigenvalue weighted by molar-refractivity contribution is 0.399. The molecule has 0 unspecified atom stereocenters. The molecule has 0 saturated heterocycles. The summed E-state index contributed by atoms with van der Waals surface area (Å²) in [4.78, 5) is 36.0. The molecule has 1 aliphatic rings. The topological polar surface area (TPSA) is 112 Å². The molecule has 119 heavy (non-hydrogen) atoms. The molecule has 8 aromatic carbocycles. The largest absolute Gasteiger partial charge is 0.481 e.